The van der Waals surface area contributed by atoms with Gasteiger partial charge < -0.3 is 5.11 Å². The van der Waals surface area contributed by atoms with Gasteiger partial charge in [0.2, 0.25) is 0 Å². The minimum absolute atomic E-state index is 0.457. The lowest BCUT2D eigenvalue weighted by molar-refractivity contribution is 0.0684. The summed E-state index contributed by atoms with van der Waals surface area (Å²) in [5, 5.41) is 9.26. The minimum atomic E-state index is -0.812. The molecule has 1 heterocycles. The van der Waals surface area contributed by atoms with Crippen molar-refractivity contribution in [3.63, 3.8) is 0 Å². The van der Waals surface area contributed by atoms with Gasteiger partial charge in [-0.15, -0.1) is 0 Å². The van der Waals surface area contributed by atoms with E-state index in [1.54, 1.807) is 12.1 Å². The summed E-state index contributed by atoms with van der Waals surface area (Å²) in [6, 6.07) is 7.41. The molecule has 3 heteroatoms. The summed E-state index contributed by atoms with van der Waals surface area (Å²) >= 11 is 0. The molecular weight excluding hydrogens is 250 g/mol. The lowest BCUT2D eigenvalue weighted by Crippen LogP contribution is -2.41. The monoisotopic (exact) mass is 273 g/mol. The standard InChI is InChI=1S/C17H23NO2/c19-17(20)16-8-4-3-7-15(16)12-18-10-9-13-5-1-2-6-14(13)11-18/h3-4,7-8,13-14H,1-2,5-6,9-12H2,(H,19,20). The highest BCUT2D eigenvalue weighted by Crippen LogP contribution is 2.36. The Morgan fingerprint density at radius 2 is 1.90 bits per heavy atom. The molecular formula is C17H23NO2. The summed E-state index contributed by atoms with van der Waals surface area (Å²) in [6.45, 7) is 3.05. The zero-order valence-electron chi connectivity index (χ0n) is 11.9. The van der Waals surface area contributed by atoms with Gasteiger partial charge in [-0.05, 0) is 42.9 Å². The fraction of sp³-hybridized carbons (Fsp3) is 0.588. The van der Waals surface area contributed by atoms with E-state index in [0.717, 1.165) is 37.0 Å². The molecule has 0 amide bonds. The number of hydrogen-bond donors (Lipinski definition) is 1. The zero-order valence-corrected chi connectivity index (χ0v) is 11.9. The first-order valence-corrected chi connectivity index (χ1v) is 7.77. The molecule has 2 atom stereocenters. The number of piperidine rings is 1. The molecule has 0 radical (unpaired) electrons. The van der Waals surface area contributed by atoms with Gasteiger partial charge in [-0.25, -0.2) is 4.79 Å². The van der Waals surface area contributed by atoms with Crippen LogP contribution in [0.3, 0.4) is 0 Å². The van der Waals surface area contributed by atoms with Gasteiger partial charge in [-0.2, -0.15) is 0 Å². The van der Waals surface area contributed by atoms with E-state index in [9.17, 15) is 9.90 Å². The maximum atomic E-state index is 11.3. The van der Waals surface area contributed by atoms with Crippen LogP contribution in [-0.2, 0) is 6.54 Å². The van der Waals surface area contributed by atoms with Crippen LogP contribution in [0.25, 0.3) is 0 Å². The van der Waals surface area contributed by atoms with Crippen LogP contribution in [0.5, 0.6) is 0 Å². The molecule has 3 nitrogen and oxygen atoms in total. The lowest BCUT2D eigenvalue weighted by Gasteiger charge is -2.41. The van der Waals surface area contributed by atoms with Crippen LogP contribution in [0.2, 0.25) is 0 Å². The summed E-state index contributed by atoms with van der Waals surface area (Å²) in [5.74, 6) is 0.956. The summed E-state index contributed by atoms with van der Waals surface area (Å²) < 4.78 is 0. The van der Waals surface area contributed by atoms with Crippen LogP contribution in [0, 0.1) is 11.8 Å². The molecule has 0 spiro atoms. The summed E-state index contributed by atoms with van der Waals surface area (Å²) in [5.41, 5.74) is 1.41. The quantitative estimate of drug-likeness (QED) is 0.917. The van der Waals surface area contributed by atoms with Crippen molar-refractivity contribution in [3.8, 4) is 0 Å². The van der Waals surface area contributed by atoms with E-state index < -0.39 is 5.97 Å². The third-order valence-electron chi connectivity index (χ3n) is 5.02. The Hall–Kier alpha value is -1.35. The summed E-state index contributed by atoms with van der Waals surface area (Å²) in [6.07, 6.45) is 6.84. The predicted octanol–water partition coefficient (Wildman–Crippen LogP) is 3.40. The van der Waals surface area contributed by atoms with E-state index in [1.807, 2.05) is 12.1 Å². The topological polar surface area (TPSA) is 40.5 Å². The van der Waals surface area contributed by atoms with E-state index in [-0.39, 0.29) is 0 Å². The van der Waals surface area contributed by atoms with Crippen molar-refractivity contribution in [2.24, 2.45) is 11.8 Å². The Morgan fingerprint density at radius 3 is 2.70 bits per heavy atom. The molecule has 1 aromatic rings. The average molecular weight is 273 g/mol. The van der Waals surface area contributed by atoms with Crippen molar-refractivity contribution in [1.82, 2.24) is 4.90 Å². The fourth-order valence-electron chi connectivity index (χ4n) is 3.93. The second-order valence-electron chi connectivity index (χ2n) is 6.29. The van der Waals surface area contributed by atoms with Crippen LogP contribution in [0.4, 0.5) is 0 Å². The molecule has 1 aliphatic carbocycles. The van der Waals surface area contributed by atoms with Crippen molar-refractivity contribution in [3.05, 3.63) is 35.4 Å². The number of carboxylic acids is 1. The maximum Gasteiger partial charge on any atom is 0.336 e. The van der Waals surface area contributed by atoms with Crippen LogP contribution in [-0.4, -0.2) is 29.1 Å². The molecule has 1 saturated heterocycles. The Balaban J connectivity index is 1.68. The largest absolute Gasteiger partial charge is 0.478 e. The number of rotatable bonds is 3. The molecule has 0 aromatic heterocycles. The highest BCUT2D eigenvalue weighted by atomic mass is 16.4. The maximum absolute atomic E-state index is 11.3. The van der Waals surface area contributed by atoms with Gasteiger partial charge >= 0.3 is 5.97 Å². The summed E-state index contributed by atoms with van der Waals surface area (Å²) in [7, 11) is 0. The van der Waals surface area contributed by atoms with Gasteiger partial charge in [0.1, 0.15) is 0 Å². The average Bonchev–Trinajstić information content (AvgIpc) is 2.47. The lowest BCUT2D eigenvalue weighted by atomic mass is 9.75. The first-order chi connectivity index (χ1) is 9.74. The fourth-order valence-corrected chi connectivity index (χ4v) is 3.93. The first kappa shape index (κ1) is 13.6. The highest BCUT2D eigenvalue weighted by molar-refractivity contribution is 5.89. The van der Waals surface area contributed by atoms with Gasteiger partial charge in [0.05, 0.1) is 5.56 Å². The second kappa shape index (κ2) is 5.96. The smallest absolute Gasteiger partial charge is 0.336 e. The molecule has 1 saturated carbocycles. The molecule has 0 bridgehead atoms. The van der Waals surface area contributed by atoms with Gasteiger partial charge in [-0.3, -0.25) is 4.90 Å². The number of nitrogens with zero attached hydrogens (tertiary/aromatic N) is 1. The highest BCUT2D eigenvalue weighted by Gasteiger charge is 2.31. The van der Waals surface area contributed by atoms with E-state index in [0.29, 0.717) is 5.56 Å². The third kappa shape index (κ3) is 2.88. The number of aromatic carboxylic acids is 1. The molecule has 1 aliphatic heterocycles. The van der Waals surface area contributed by atoms with Gasteiger partial charge in [0, 0.05) is 13.1 Å². The van der Waals surface area contributed by atoms with Crippen LogP contribution in [0.1, 0.15) is 48.0 Å². The van der Waals surface area contributed by atoms with E-state index >= 15 is 0 Å². The van der Waals surface area contributed by atoms with Crippen molar-refractivity contribution >= 4 is 5.97 Å². The molecule has 2 aliphatic rings. The third-order valence-corrected chi connectivity index (χ3v) is 5.02. The molecule has 2 unspecified atom stereocenters. The van der Waals surface area contributed by atoms with Crippen LogP contribution >= 0.6 is 0 Å². The van der Waals surface area contributed by atoms with Crippen molar-refractivity contribution in [1.29, 1.82) is 0 Å². The normalized spacial score (nSPS) is 27.0. The molecule has 2 fully saturated rings. The van der Waals surface area contributed by atoms with Crippen molar-refractivity contribution in [2.45, 2.75) is 38.6 Å². The number of benzene rings is 1. The predicted molar refractivity (Wildman–Crippen MR) is 78.7 cm³/mol. The number of carbonyl (C=O) groups is 1. The molecule has 1 aromatic carbocycles. The molecule has 3 rings (SSSR count). The number of carboxylic acid groups (broad SMARTS) is 1. The van der Waals surface area contributed by atoms with Crippen molar-refractivity contribution < 1.29 is 9.90 Å². The van der Waals surface area contributed by atoms with Gasteiger partial charge in [0.25, 0.3) is 0 Å². The number of fused-ring (bicyclic) bond motifs is 1. The number of hydrogen-bond acceptors (Lipinski definition) is 2. The Kier molecular flexibility index (Phi) is 4.06. The van der Waals surface area contributed by atoms with Crippen LogP contribution < -0.4 is 0 Å². The second-order valence-corrected chi connectivity index (χ2v) is 6.29. The Labute approximate surface area is 120 Å². The first-order valence-electron chi connectivity index (χ1n) is 7.77. The van der Waals surface area contributed by atoms with Gasteiger partial charge in [-0.1, -0.05) is 37.5 Å². The van der Waals surface area contributed by atoms with E-state index in [4.69, 9.17) is 0 Å². The summed E-state index contributed by atoms with van der Waals surface area (Å²) in [4.78, 5) is 13.7. The Morgan fingerprint density at radius 1 is 1.15 bits per heavy atom. The Bertz CT molecular complexity index is 486. The number of likely N-dealkylation sites (tertiary alicyclic amines) is 1. The van der Waals surface area contributed by atoms with Gasteiger partial charge in [0.15, 0.2) is 0 Å². The molecule has 108 valence electrons. The van der Waals surface area contributed by atoms with Crippen LogP contribution in [0.15, 0.2) is 24.3 Å². The zero-order chi connectivity index (χ0) is 13.9. The van der Waals surface area contributed by atoms with E-state index in [2.05, 4.69) is 4.90 Å². The minimum Gasteiger partial charge on any atom is -0.478 e. The SMILES string of the molecule is O=C(O)c1ccccc1CN1CCC2CCCCC2C1. The van der Waals surface area contributed by atoms with Crippen molar-refractivity contribution in [2.75, 3.05) is 13.1 Å². The van der Waals surface area contributed by atoms with E-state index in [1.165, 1.54) is 32.1 Å². The molecule has 1 N–H and O–H groups in total. The molecule has 20 heavy (non-hydrogen) atoms.